The van der Waals surface area contributed by atoms with Crippen molar-refractivity contribution in [3.8, 4) is 0 Å². The van der Waals surface area contributed by atoms with Crippen LogP contribution >= 0.6 is 11.8 Å². The Hall–Kier alpha value is -1.40. The molecule has 0 aliphatic rings. The zero-order valence-corrected chi connectivity index (χ0v) is 10.2. The Morgan fingerprint density at radius 3 is 2.94 bits per heavy atom. The topological polar surface area (TPSA) is 56.7 Å². The van der Waals surface area contributed by atoms with E-state index in [0.29, 0.717) is 17.9 Å². The molecular formula is C11H13FN4S. The first-order chi connectivity index (χ1) is 8.20. The van der Waals surface area contributed by atoms with Gasteiger partial charge in [-0.2, -0.15) is 5.10 Å². The molecule has 0 saturated heterocycles. The lowest BCUT2D eigenvalue weighted by molar-refractivity contribution is 0.616. The van der Waals surface area contributed by atoms with Gasteiger partial charge in [0.2, 0.25) is 0 Å². The van der Waals surface area contributed by atoms with Gasteiger partial charge in [0.1, 0.15) is 12.1 Å². The summed E-state index contributed by atoms with van der Waals surface area (Å²) in [7, 11) is 1.81. The quantitative estimate of drug-likeness (QED) is 0.842. The SMILES string of the molecule is Cn1ncnc1SCc1cc(CN)ccc1F. The van der Waals surface area contributed by atoms with Gasteiger partial charge in [0.05, 0.1) is 0 Å². The lowest BCUT2D eigenvalue weighted by Gasteiger charge is -2.05. The molecule has 0 bridgehead atoms. The molecule has 2 aromatic rings. The number of thioether (sulfide) groups is 1. The van der Waals surface area contributed by atoms with Crippen LogP contribution in [0.1, 0.15) is 11.1 Å². The molecule has 0 spiro atoms. The smallest absolute Gasteiger partial charge is 0.186 e. The van der Waals surface area contributed by atoms with E-state index in [9.17, 15) is 4.39 Å². The van der Waals surface area contributed by atoms with Gasteiger partial charge < -0.3 is 5.73 Å². The molecule has 17 heavy (non-hydrogen) atoms. The molecule has 1 aromatic carbocycles. The molecule has 0 saturated carbocycles. The molecule has 0 unspecified atom stereocenters. The number of nitrogens with two attached hydrogens (primary N) is 1. The van der Waals surface area contributed by atoms with Crippen molar-refractivity contribution < 1.29 is 4.39 Å². The molecule has 90 valence electrons. The maximum atomic E-state index is 13.5. The van der Waals surface area contributed by atoms with Crippen LogP contribution in [0.5, 0.6) is 0 Å². The largest absolute Gasteiger partial charge is 0.326 e. The number of nitrogens with zero attached hydrogens (tertiary/aromatic N) is 3. The van der Waals surface area contributed by atoms with Crippen molar-refractivity contribution in [1.82, 2.24) is 14.8 Å². The normalized spacial score (nSPS) is 10.8. The second-order valence-corrected chi connectivity index (χ2v) is 4.53. The average molecular weight is 252 g/mol. The van der Waals surface area contributed by atoms with E-state index in [4.69, 9.17) is 5.73 Å². The van der Waals surface area contributed by atoms with Crippen LogP contribution in [-0.2, 0) is 19.3 Å². The van der Waals surface area contributed by atoms with Crippen molar-refractivity contribution in [2.75, 3.05) is 0 Å². The van der Waals surface area contributed by atoms with E-state index in [2.05, 4.69) is 10.1 Å². The van der Waals surface area contributed by atoms with Gasteiger partial charge in [0, 0.05) is 19.3 Å². The first-order valence-electron chi connectivity index (χ1n) is 5.15. The number of halogens is 1. The third-order valence-electron chi connectivity index (χ3n) is 2.37. The van der Waals surface area contributed by atoms with Crippen LogP contribution in [0.15, 0.2) is 29.7 Å². The van der Waals surface area contributed by atoms with Gasteiger partial charge in [-0.1, -0.05) is 23.9 Å². The second-order valence-electron chi connectivity index (χ2n) is 3.58. The van der Waals surface area contributed by atoms with Gasteiger partial charge in [-0.15, -0.1) is 0 Å². The van der Waals surface area contributed by atoms with E-state index in [1.165, 1.54) is 24.2 Å². The molecule has 2 N–H and O–H groups in total. The fraction of sp³-hybridized carbons (Fsp3) is 0.273. The van der Waals surface area contributed by atoms with Crippen LogP contribution in [0.4, 0.5) is 4.39 Å². The molecule has 0 aliphatic heterocycles. The first kappa shape index (κ1) is 12.1. The lowest BCUT2D eigenvalue weighted by atomic mass is 10.1. The third kappa shape index (κ3) is 2.83. The van der Waals surface area contributed by atoms with Crippen LogP contribution in [0.2, 0.25) is 0 Å². The number of hydrogen-bond acceptors (Lipinski definition) is 4. The maximum absolute atomic E-state index is 13.5. The monoisotopic (exact) mass is 252 g/mol. The van der Waals surface area contributed by atoms with E-state index in [-0.39, 0.29) is 5.82 Å². The van der Waals surface area contributed by atoms with Crippen molar-refractivity contribution in [2.24, 2.45) is 12.8 Å². The van der Waals surface area contributed by atoms with Crippen LogP contribution in [0.25, 0.3) is 0 Å². The first-order valence-corrected chi connectivity index (χ1v) is 6.13. The Balaban J connectivity index is 2.11. The highest BCUT2D eigenvalue weighted by molar-refractivity contribution is 7.98. The Labute approximate surface area is 103 Å². The highest BCUT2D eigenvalue weighted by Gasteiger charge is 2.06. The summed E-state index contributed by atoms with van der Waals surface area (Å²) in [6, 6.07) is 4.94. The number of rotatable bonds is 4. The molecule has 0 fully saturated rings. The number of aryl methyl sites for hydroxylation is 1. The summed E-state index contributed by atoms with van der Waals surface area (Å²) in [6.07, 6.45) is 1.48. The van der Waals surface area contributed by atoms with Crippen LogP contribution in [0, 0.1) is 5.82 Å². The molecule has 2 rings (SSSR count). The van der Waals surface area contributed by atoms with Gasteiger partial charge in [-0.3, -0.25) is 0 Å². The van der Waals surface area contributed by atoms with Crippen molar-refractivity contribution in [3.63, 3.8) is 0 Å². The average Bonchev–Trinajstić information content (AvgIpc) is 2.74. The molecular weight excluding hydrogens is 239 g/mol. The van der Waals surface area contributed by atoms with Crippen molar-refractivity contribution in [2.45, 2.75) is 17.5 Å². The fourth-order valence-electron chi connectivity index (χ4n) is 1.42. The van der Waals surface area contributed by atoms with Gasteiger partial charge in [0.25, 0.3) is 0 Å². The summed E-state index contributed by atoms with van der Waals surface area (Å²) in [5.74, 6) is 0.309. The standard InChI is InChI=1S/C11H13FN4S/c1-16-11(14-7-15-16)17-6-9-4-8(5-13)2-3-10(9)12/h2-4,7H,5-6,13H2,1H3. The van der Waals surface area contributed by atoms with E-state index in [1.54, 1.807) is 16.8 Å². The highest BCUT2D eigenvalue weighted by atomic mass is 32.2. The molecule has 0 atom stereocenters. The van der Waals surface area contributed by atoms with E-state index in [0.717, 1.165) is 10.7 Å². The molecule has 1 aromatic heterocycles. The fourth-order valence-corrected chi connectivity index (χ4v) is 2.29. The Morgan fingerprint density at radius 2 is 2.29 bits per heavy atom. The van der Waals surface area contributed by atoms with Gasteiger partial charge in [0.15, 0.2) is 5.16 Å². The summed E-state index contributed by atoms with van der Waals surface area (Å²) < 4.78 is 15.2. The van der Waals surface area contributed by atoms with Crippen LogP contribution in [-0.4, -0.2) is 14.8 Å². The maximum Gasteiger partial charge on any atom is 0.186 e. The van der Waals surface area contributed by atoms with Crippen molar-refractivity contribution in [3.05, 3.63) is 41.5 Å². The van der Waals surface area contributed by atoms with Gasteiger partial charge in [-0.05, 0) is 17.2 Å². The molecule has 0 amide bonds. The molecule has 4 nitrogen and oxygen atoms in total. The minimum Gasteiger partial charge on any atom is -0.326 e. The Kier molecular flexibility index (Phi) is 3.75. The van der Waals surface area contributed by atoms with Gasteiger partial charge >= 0.3 is 0 Å². The van der Waals surface area contributed by atoms with E-state index < -0.39 is 0 Å². The van der Waals surface area contributed by atoms with Crippen LogP contribution < -0.4 is 5.73 Å². The van der Waals surface area contributed by atoms with Gasteiger partial charge in [-0.25, -0.2) is 14.1 Å². The summed E-state index contributed by atoms with van der Waals surface area (Å²) >= 11 is 1.45. The third-order valence-corrected chi connectivity index (χ3v) is 3.46. The summed E-state index contributed by atoms with van der Waals surface area (Å²) in [5.41, 5.74) is 7.10. The minimum absolute atomic E-state index is 0.211. The summed E-state index contributed by atoms with van der Waals surface area (Å²) in [4.78, 5) is 4.07. The van der Waals surface area contributed by atoms with Crippen molar-refractivity contribution in [1.29, 1.82) is 0 Å². The van der Waals surface area contributed by atoms with E-state index >= 15 is 0 Å². The Morgan fingerprint density at radius 1 is 1.47 bits per heavy atom. The minimum atomic E-state index is -0.211. The zero-order chi connectivity index (χ0) is 12.3. The number of benzene rings is 1. The lowest BCUT2D eigenvalue weighted by Crippen LogP contribution is -1.99. The molecule has 1 heterocycles. The summed E-state index contributed by atoms with van der Waals surface area (Å²) in [6.45, 7) is 0.419. The number of aromatic nitrogens is 3. The zero-order valence-electron chi connectivity index (χ0n) is 9.43. The second kappa shape index (κ2) is 5.29. The van der Waals surface area contributed by atoms with Crippen LogP contribution in [0.3, 0.4) is 0 Å². The predicted molar refractivity (Wildman–Crippen MR) is 64.9 cm³/mol. The summed E-state index contributed by atoms with van der Waals surface area (Å²) in [5, 5.41) is 4.72. The predicted octanol–water partition coefficient (Wildman–Crippen LogP) is 1.71. The molecule has 0 radical (unpaired) electrons. The molecule has 0 aliphatic carbocycles. The van der Waals surface area contributed by atoms with E-state index in [1.807, 2.05) is 7.05 Å². The Bertz CT molecular complexity index is 512. The number of hydrogen-bond donors (Lipinski definition) is 1. The highest BCUT2D eigenvalue weighted by Crippen LogP contribution is 2.22. The van der Waals surface area contributed by atoms with Crippen molar-refractivity contribution >= 4 is 11.8 Å². The molecule has 6 heteroatoms.